The van der Waals surface area contributed by atoms with Gasteiger partial charge in [-0.25, -0.2) is 0 Å². The van der Waals surface area contributed by atoms with Crippen molar-refractivity contribution in [1.82, 2.24) is 0 Å². The van der Waals surface area contributed by atoms with Gasteiger partial charge in [0.05, 0.1) is 11.4 Å². The summed E-state index contributed by atoms with van der Waals surface area (Å²) in [5, 5.41) is 0. The van der Waals surface area contributed by atoms with E-state index in [9.17, 15) is 0 Å². The molecule has 5 heteroatoms. The molecule has 0 bridgehead atoms. The number of para-hydroxylation sites is 5. The Hall–Kier alpha value is -7.08. The fourth-order valence-electron chi connectivity index (χ4n) is 8.84. The third kappa shape index (κ3) is 5.50. The van der Waals surface area contributed by atoms with E-state index in [2.05, 4.69) is 233 Å². The zero-order valence-electron chi connectivity index (χ0n) is 31.1. The van der Waals surface area contributed by atoms with Gasteiger partial charge in [0.15, 0.2) is 0 Å². The second-order valence-electron chi connectivity index (χ2n) is 14.5. The van der Waals surface area contributed by atoms with Crippen LogP contribution in [0, 0.1) is 0 Å². The van der Waals surface area contributed by atoms with Gasteiger partial charge in [-0.2, -0.15) is 0 Å². The maximum Gasteiger partial charge on any atom is 0.264 e. The summed E-state index contributed by atoms with van der Waals surface area (Å²) >= 11 is 1.94. The van der Waals surface area contributed by atoms with Crippen LogP contribution in [-0.2, 0) is 0 Å². The van der Waals surface area contributed by atoms with Gasteiger partial charge in [0.2, 0.25) is 0 Å². The zero-order chi connectivity index (χ0) is 37.7. The van der Waals surface area contributed by atoms with E-state index in [1.165, 1.54) is 60.0 Å². The van der Waals surface area contributed by atoms with Crippen LogP contribution in [-0.4, -0.2) is 6.71 Å². The first kappa shape index (κ1) is 33.3. The molecule has 0 radical (unpaired) electrons. The number of rotatable bonds is 7. The van der Waals surface area contributed by atoms with E-state index in [4.69, 9.17) is 0 Å². The Morgan fingerprint density at radius 1 is 0.404 bits per heavy atom. The van der Waals surface area contributed by atoms with Gasteiger partial charge in [-0.1, -0.05) is 152 Å². The normalized spacial score (nSPS) is 12.5. The van der Waals surface area contributed by atoms with E-state index < -0.39 is 0 Å². The molecule has 0 unspecified atom stereocenters. The summed E-state index contributed by atoms with van der Waals surface area (Å²) in [6.07, 6.45) is 0. The molecule has 0 fully saturated rings. The smallest absolute Gasteiger partial charge is 0.264 e. The Labute approximate surface area is 338 Å². The molecular weight excluding hydrogens is 709 g/mol. The van der Waals surface area contributed by atoms with Crippen molar-refractivity contribution in [2.24, 2.45) is 0 Å². The van der Waals surface area contributed by atoms with Crippen LogP contribution in [0.1, 0.15) is 0 Å². The van der Waals surface area contributed by atoms with E-state index in [1.54, 1.807) is 0 Å². The van der Waals surface area contributed by atoms with Gasteiger partial charge in [0, 0.05) is 55.0 Å². The van der Waals surface area contributed by atoms with Gasteiger partial charge in [-0.3, -0.25) is 0 Å². The first-order valence-corrected chi connectivity index (χ1v) is 20.3. The number of thiophene rings is 1. The summed E-state index contributed by atoms with van der Waals surface area (Å²) in [6, 6.07) is 79.2. The molecule has 0 N–H and O–H groups in total. The van der Waals surface area contributed by atoms with Crippen LogP contribution in [0.4, 0.5) is 51.2 Å². The average Bonchev–Trinajstić information content (AvgIpc) is 3.68. The first-order valence-electron chi connectivity index (χ1n) is 19.5. The van der Waals surface area contributed by atoms with Gasteiger partial charge < -0.3 is 14.7 Å². The second kappa shape index (κ2) is 13.9. The van der Waals surface area contributed by atoms with Crippen LogP contribution in [0.5, 0.6) is 0 Å². The summed E-state index contributed by atoms with van der Waals surface area (Å²) in [5.41, 5.74) is 16.6. The van der Waals surface area contributed by atoms with E-state index in [0.29, 0.717) is 0 Å². The lowest BCUT2D eigenvalue weighted by molar-refractivity contribution is 1.23. The molecule has 8 aromatic carbocycles. The summed E-state index contributed by atoms with van der Waals surface area (Å²) in [7, 11) is 0. The highest BCUT2D eigenvalue weighted by molar-refractivity contribution is 7.31. The first-order chi connectivity index (χ1) is 28.3. The fraction of sp³-hybridized carbons (Fsp3) is 0. The predicted octanol–water partition coefficient (Wildman–Crippen LogP) is 12.6. The number of anilines is 9. The molecule has 1 aromatic heterocycles. The van der Waals surface area contributed by atoms with Crippen LogP contribution in [0.15, 0.2) is 218 Å². The summed E-state index contributed by atoms with van der Waals surface area (Å²) in [6.45, 7) is 0.00185. The van der Waals surface area contributed by atoms with Crippen molar-refractivity contribution in [2.45, 2.75) is 0 Å². The SMILES string of the molecule is c1ccc(-c2sc3c(c2-c2ccccc2)N(c2ccccc2)c2cc(N(c4ccccc4)c4ccccc4)cc4c2B3c2ccccc2N4c2ccccc2)cc1. The molecule has 0 saturated carbocycles. The van der Waals surface area contributed by atoms with E-state index in [1.807, 2.05) is 11.3 Å². The van der Waals surface area contributed by atoms with Crippen LogP contribution < -0.4 is 30.4 Å². The van der Waals surface area contributed by atoms with Crippen LogP contribution in [0.2, 0.25) is 0 Å². The molecule has 11 rings (SSSR count). The number of hydrogen-bond acceptors (Lipinski definition) is 4. The van der Waals surface area contributed by atoms with Crippen molar-refractivity contribution in [3.8, 4) is 21.6 Å². The third-order valence-corrected chi connectivity index (χ3v) is 12.5. The maximum absolute atomic E-state index is 2.56. The molecule has 3 heterocycles. The predicted molar refractivity (Wildman–Crippen MR) is 244 cm³/mol. The Kier molecular flexibility index (Phi) is 8.11. The van der Waals surface area contributed by atoms with Crippen molar-refractivity contribution >= 4 is 84.9 Å². The largest absolute Gasteiger partial charge is 0.311 e. The quantitative estimate of drug-likeness (QED) is 0.150. The topological polar surface area (TPSA) is 9.72 Å². The highest BCUT2D eigenvalue weighted by Crippen LogP contribution is 2.53. The van der Waals surface area contributed by atoms with Crippen molar-refractivity contribution < 1.29 is 0 Å². The standard InChI is InChI=1S/C52H36BN3S/c1-7-21-37(22-8-1)48-50-52(57-51(48)38-23-9-2-10-24-38)53-44-33-19-20-34-45(44)55(41-29-15-5-16-30-41)46-35-43(36-47(49(46)53)56(50)42-31-17-6-18-32-42)54(39-25-11-3-12-26-39)40-27-13-4-14-28-40/h1-36H. The van der Waals surface area contributed by atoms with Crippen LogP contribution in [0.3, 0.4) is 0 Å². The molecule has 57 heavy (non-hydrogen) atoms. The minimum Gasteiger partial charge on any atom is -0.311 e. The zero-order valence-corrected chi connectivity index (χ0v) is 31.9. The fourth-order valence-corrected chi connectivity index (χ4v) is 10.3. The molecule has 0 spiro atoms. The van der Waals surface area contributed by atoms with E-state index >= 15 is 0 Å². The van der Waals surface area contributed by atoms with Gasteiger partial charge in [-0.15, -0.1) is 11.3 Å². The van der Waals surface area contributed by atoms with Gasteiger partial charge in [0.1, 0.15) is 0 Å². The molecule has 9 aromatic rings. The summed E-state index contributed by atoms with van der Waals surface area (Å²) in [5.74, 6) is 0. The molecular formula is C52H36BN3S. The summed E-state index contributed by atoms with van der Waals surface area (Å²) in [4.78, 5) is 8.72. The van der Waals surface area contributed by atoms with Gasteiger partial charge >= 0.3 is 0 Å². The van der Waals surface area contributed by atoms with Crippen LogP contribution >= 0.6 is 11.3 Å². The number of fused-ring (bicyclic) bond motifs is 4. The minimum atomic E-state index is 0.00185. The lowest BCUT2D eigenvalue weighted by atomic mass is 9.36. The molecule has 0 amide bonds. The minimum absolute atomic E-state index is 0.00185. The van der Waals surface area contributed by atoms with Crippen molar-refractivity contribution in [1.29, 1.82) is 0 Å². The third-order valence-electron chi connectivity index (χ3n) is 11.2. The van der Waals surface area contributed by atoms with Crippen molar-refractivity contribution in [2.75, 3.05) is 14.7 Å². The molecule has 268 valence electrons. The number of hydrogen-bond donors (Lipinski definition) is 0. The highest BCUT2D eigenvalue weighted by atomic mass is 32.1. The molecule has 3 nitrogen and oxygen atoms in total. The van der Waals surface area contributed by atoms with Crippen molar-refractivity contribution in [3.63, 3.8) is 0 Å². The van der Waals surface area contributed by atoms with Crippen molar-refractivity contribution in [3.05, 3.63) is 218 Å². The Bertz CT molecular complexity index is 2810. The molecule has 0 aliphatic carbocycles. The molecule has 2 aliphatic heterocycles. The highest BCUT2D eigenvalue weighted by Gasteiger charge is 2.46. The monoisotopic (exact) mass is 745 g/mol. The van der Waals surface area contributed by atoms with E-state index in [-0.39, 0.29) is 6.71 Å². The Balaban J connectivity index is 1.30. The van der Waals surface area contributed by atoms with Gasteiger partial charge in [0.25, 0.3) is 6.71 Å². The number of benzene rings is 8. The Morgan fingerprint density at radius 2 is 0.860 bits per heavy atom. The lowest BCUT2D eigenvalue weighted by Crippen LogP contribution is -2.60. The molecule has 0 atom stereocenters. The summed E-state index contributed by atoms with van der Waals surface area (Å²) < 4.78 is 1.35. The molecule has 0 saturated heterocycles. The second-order valence-corrected chi connectivity index (χ2v) is 15.5. The van der Waals surface area contributed by atoms with E-state index in [0.717, 1.165) is 28.4 Å². The Morgan fingerprint density at radius 3 is 1.44 bits per heavy atom. The average molecular weight is 746 g/mol. The number of nitrogens with zero attached hydrogens (tertiary/aromatic N) is 3. The molecule has 2 aliphatic rings. The van der Waals surface area contributed by atoms with Crippen LogP contribution in [0.25, 0.3) is 21.6 Å². The maximum atomic E-state index is 2.56. The van der Waals surface area contributed by atoms with Gasteiger partial charge in [-0.05, 0) is 88.8 Å². The lowest BCUT2D eigenvalue weighted by Gasteiger charge is -2.44.